The molecule has 0 aromatic heterocycles. The summed E-state index contributed by atoms with van der Waals surface area (Å²) in [6.45, 7) is 5.33. The summed E-state index contributed by atoms with van der Waals surface area (Å²) in [5, 5.41) is 6.35. The van der Waals surface area contributed by atoms with E-state index in [4.69, 9.17) is 0 Å². The van der Waals surface area contributed by atoms with Crippen LogP contribution in [-0.2, 0) is 9.84 Å². The van der Waals surface area contributed by atoms with E-state index in [0.717, 1.165) is 24.8 Å². The second-order valence-corrected chi connectivity index (χ2v) is 8.56. The van der Waals surface area contributed by atoms with Crippen LogP contribution in [0.5, 0.6) is 0 Å². The fourth-order valence-electron chi connectivity index (χ4n) is 2.91. The molecule has 0 spiro atoms. The van der Waals surface area contributed by atoms with Gasteiger partial charge in [0.2, 0.25) is 0 Å². The van der Waals surface area contributed by atoms with E-state index in [1.807, 2.05) is 0 Å². The Morgan fingerprint density at radius 3 is 2.50 bits per heavy atom. The lowest BCUT2D eigenvalue weighted by Gasteiger charge is -2.26. The van der Waals surface area contributed by atoms with Crippen molar-refractivity contribution >= 4 is 39.8 Å². The Kier molecular flexibility index (Phi) is 11.5. The van der Waals surface area contributed by atoms with E-state index < -0.39 is 9.84 Å². The lowest BCUT2D eigenvalue weighted by Crippen LogP contribution is -2.40. The van der Waals surface area contributed by atoms with Crippen LogP contribution in [0.4, 0.5) is 0 Å². The average molecular weight is 445 g/mol. The van der Waals surface area contributed by atoms with E-state index >= 15 is 0 Å². The molecule has 2 unspecified atom stereocenters. The van der Waals surface area contributed by atoms with Gasteiger partial charge in [0.1, 0.15) is 0 Å². The number of aliphatic imine (C=N–C) groups is 1. The summed E-state index contributed by atoms with van der Waals surface area (Å²) in [6.07, 6.45) is 6.57. The van der Waals surface area contributed by atoms with Gasteiger partial charge in [-0.2, -0.15) is 0 Å². The molecule has 2 N–H and O–H groups in total. The van der Waals surface area contributed by atoms with E-state index in [0.29, 0.717) is 12.5 Å². The predicted octanol–water partition coefficient (Wildman–Crippen LogP) is 2.42. The van der Waals surface area contributed by atoms with Gasteiger partial charge >= 0.3 is 0 Å². The van der Waals surface area contributed by atoms with Gasteiger partial charge in [-0.05, 0) is 24.7 Å². The quantitative estimate of drug-likeness (QED) is 0.359. The summed E-state index contributed by atoms with van der Waals surface area (Å²) in [6, 6.07) is 0. The predicted molar refractivity (Wildman–Crippen MR) is 105 cm³/mol. The fourth-order valence-corrected chi connectivity index (χ4v) is 3.61. The van der Waals surface area contributed by atoms with Crippen LogP contribution >= 0.6 is 24.0 Å². The molecule has 0 radical (unpaired) electrons. The number of hydrogen-bond acceptors (Lipinski definition) is 3. The molecule has 1 rings (SSSR count). The monoisotopic (exact) mass is 445 g/mol. The third-order valence-electron chi connectivity index (χ3n) is 4.26. The van der Waals surface area contributed by atoms with Crippen LogP contribution in [0.1, 0.15) is 46.0 Å². The Morgan fingerprint density at radius 1 is 1.23 bits per heavy atom. The van der Waals surface area contributed by atoms with E-state index in [-0.39, 0.29) is 35.5 Å². The van der Waals surface area contributed by atoms with Crippen molar-refractivity contribution in [2.24, 2.45) is 16.8 Å². The summed E-state index contributed by atoms with van der Waals surface area (Å²) in [4.78, 5) is 4.13. The maximum Gasteiger partial charge on any atom is 0.191 e. The van der Waals surface area contributed by atoms with Crippen molar-refractivity contribution in [2.75, 3.05) is 31.6 Å². The molecule has 2 atom stereocenters. The van der Waals surface area contributed by atoms with Crippen molar-refractivity contribution < 1.29 is 8.42 Å². The molecule has 7 heteroatoms. The Balaban J connectivity index is 0.00000441. The Hall–Kier alpha value is -0.0500. The highest BCUT2D eigenvalue weighted by atomic mass is 127. The smallest absolute Gasteiger partial charge is 0.191 e. The van der Waals surface area contributed by atoms with Crippen molar-refractivity contribution in [2.45, 2.75) is 46.0 Å². The first kappa shape index (κ1) is 21.9. The van der Waals surface area contributed by atoms with Gasteiger partial charge in [-0.1, -0.05) is 33.1 Å². The minimum absolute atomic E-state index is 0. The fraction of sp³-hybridized carbons (Fsp3) is 0.933. The molecule has 0 amide bonds. The highest BCUT2D eigenvalue weighted by Gasteiger charge is 2.18. The van der Waals surface area contributed by atoms with Crippen molar-refractivity contribution in [3.63, 3.8) is 0 Å². The average Bonchev–Trinajstić information content (AvgIpc) is 2.45. The van der Waals surface area contributed by atoms with Crippen LogP contribution < -0.4 is 10.6 Å². The van der Waals surface area contributed by atoms with E-state index in [9.17, 15) is 8.42 Å². The van der Waals surface area contributed by atoms with Crippen LogP contribution in [0.15, 0.2) is 4.99 Å². The minimum Gasteiger partial charge on any atom is -0.356 e. The molecule has 0 aromatic rings. The lowest BCUT2D eigenvalue weighted by molar-refractivity contribution is 0.270. The highest BCUT2D eigenvalue weighted by Crippen LogP contribution is 2.30. The number of halogens is 1. The van der Waals surface area contributed by atoms with Crippen molar-refractivity contribution in [3.05, 3.63) is 0 Å². The molecule has 22 heavy (non-hydrogen) atoms. The normalized spacial score (nSPS) is 22.8. The third-order valence-corrected chi connectivity index (χ3v) is 5.96. The largest absolute Gasteiger partial charge is 0.356 e. The molecule has 0 heterocycles. The molecule has 0 aromatic carbocycles. The molecule has 0 bridgehead atoms. The van der Waals surface area contributed by atoms with Gasteiger partial charge in [0.05, 0.1) is 5.75 Å². The number of guanidine groups is 1. The van der Waals surface area contributed by atoms with Crippen LogP contribution in [-0.4, -0.2) is 46.0 Å². The number of rotatable bonds is 7. The van der Waals surface area contributed by atoms with Crippen LogP contribution in [0.25, 0.3) is 0 Å². The first-order valence-electron chi connectivity index (χ1n) is 8.11. The SMILES string of the molecule is CCS(=O)(=O)CCNC(=NC)NCCC1CCCC(C)C1.I. The second kappa shape index (κ2) is 11.5. The van der Waals surface area contributed by atoms with Crippen molar-refractivity contribution in [1.82, 2.24) is 10.6 Å². The Labute approximate surface area is 153 Å². The first-order valence-corrected chi connectivity index (χ1v) is 9.94. The van der Waals surface area contributed by atoms with Crippen LogP contribution in [0.2, 0.25) is 0 Å². The van der Waals surface area contributed by atoms with Gasteiger partial charge in [-0.15, -0.1) is 24.0 Å². The lowest BCUT2D eigenvalue weighted by atomic mass is 9.81. The molecule has 5 nitrogen and oxygen atoms in total. The summed E-state index contributed by atoms with van der Waals surface area (Å²) >= 11 is 0. The molecular weight excluding hydrogens is 413 g/mol. The zero-order chi connectivity index (χ0) is 15.7. The van der Waals surface area contributed by atoms with Crippen LogP contribution in [0, 0.1) is 11.8 Å². The van der Waals surface area contributed by atoms with Gasteiger partial charge in [-0.3, -0.25) is 4.99 Å². The molecule has 1 aliphatic carbocycles. The third kappa shape index (κ3) is 9.17. The van der Waals surface area contributed by atoms with E-state index in [1.54, 1.807) is 14.0 Å². The van der Waals surface area contributed by atoms with E-state index in [1.165, 1.54) is 25.7 Å². The van der Waals surface area contributed by atoms with Crippen molar-refractivity contribution in [3.8, 4) is 0 Å². The summed E-state index contributed by atoms with van der Waals surface area (Å²) < 4.78 is 22.8. The Morgan fingerprint density at radius 2 is 1.91 bits per heavy atom. The standard InChI is InChI=1S/C15H31N3O2S.HI/c1-4-21(19,20)11-10-18-15(16-3)17-9-8-14-7-5-6-13(2)12-14;/h13-14H,4-12H2,1-3H3,(H2,16,17,18);1H. The van der Waals surface area contributed by atoms with Gasteiger partial charge in [0.25, 0.3) is 0 Å². The molecule has 132 valence electrons. The zero-order valence-electron chi connectivity index (χ0n) is 14.1. The van der Waals surface area contributed by atoms with Gasteiger partial charge in [0.15, 0.2) is 15.8 Å². The molecule has 0 aliphatic heterocycles. The topological polar surface area (TPSA) is 70.6 Å². The summed E-state index contributed by atoms with van der Waals surface area (Å²) in [7, 11) is -1.20. The molecule has 1 fully saturated rings. The van der Waals surface area contributed by atoms with Gasteiger partial charge < -0.3 is 10.6 Å². The molecule has 1 aliphatic rings. The number of hydrogen-bond donors (Lipinski definition) is 2. The number of nitrogens with zero attached hydrogens (tertiary/aromatic N) is 1. The highest BCUT2D eigenvalue weighted by molar-refractivity contribution is 14.0. The van der Waals surface area contributed by atoms with Gasteiger partial charge in [-0.25, -0.2) is 8.42 Å². The molecular formula is C15H32IN3O2S. The molecule has 1 saturated carbocycles. The maximum absolute atomic E-state index is 11.4. The Bertz CT molecular complexity index is 427. The maximum atomic E-state index is 11.4. The molecule has 0 saturated heterocycles. The van der Waals surface area contributed by atoms with Gasteiger partial charge in [0, 0.05) is 25.9 Å². The number of sulfone groups is 1. The first-order chi connectivity index (χ1) is 9.96. The zero-order valence-corrected chi connectivity index (χ0v) is 17.2. The minimum atomic E-state index is -2.91. The second-order valence-electron chi connectivity index (χ2n) is 6.09. The van der Waals surface area contributed by atoms with E-state index in [2.05, 4.69) is 22.5 Å². The summed E-state index contributed by atoms with van der Waals surface area (Å²) in [5.41, 5.74) is 0. The number of nitrogens with one attached hydrogen (secondary N) is 2. The van der Waals surface area contributed by atoms with Crippen molar-refractivity contribution in [1.29, 1.82) is 0 Å². The van der Waals surface area contributed by atoms with Crippen LogP contribution in [0.3, 0.4) is 0 Å². The summed E-state index contributed by atoms with van der Waals surface area (Å²) in [5.74, 6) is 2.73.